The third kappa shape index (κ3) is 2.12. The highest BCUT2D eigenvalue weighted by Crippen LogP contribution is 2.33. The van der Waals surface area contributed by atoms with Crippen molar-refractivity contribution >= 4 is 11.8 Å². The molecule has 0 bridgehead atoms. The molecule has 2 unspecified atom stereocenters. The maximum Gasteiger partial charge on any atom is 0.110 e. The lowest BCUT2D eigenvalue weighted by molar-refractivity contribution is 0.163. The van der Waals surface area contributed by atoms with E-state index in [0.29, 0.717) is 5.25 Å². The fourth-order valence-electron chi connectivity index (χ4n) is 1.80. The Morgan fingerprint density at radius 2 is 2.50 bits per heavy atom. The third-order valence-corrected chi connectivity index (χ3v) is 4.05. The zero-order valence-corrected chi connectivity index (χ0v) is 9.20. The van der Waals surface area contributed by atoms with Gasteiger partial charge in [0.05, 0.1) is 5.69 Å². The number of thioether (sulfide) groups is 1. The van der Waals surface area contributed by atoms with E-state index in [0.717, 1.165) is 12.1 Å². The van der Waals surface area contributed by atoms with Gasteiger partial charge in [-0.1, -0.05) is 6.42 Å². The van der Waals surface area contributed by atoms with Gasteiger partial charge in [0.25, 0.3) is 0 Å². The molecular formula is C10H16N2OS. The molecule has 14 heavy (non-hydrogen) atoms. The Hall–Kier alpha value is -0.480. The normalized spacial score (nSPS) is 24.9. The highest BCUT2D eigenvalue weighted by Gasteiger charge is 2.24. The second kappa shape index (κ2) is 4.36. The Kier molecular flexibility index (Phi) is 3.13. The standard InChI is InChI=1S/C10H16N2OS/c1-12-6-5-8(11-12)10(13)9-4-2-3-7-14-9/h5-6,9-10,13H,2-4,7H2,1H3. The largest absolute Gasteiger partial charge is 0.386 e. The first-order valence-corrected chi connectivity index (χ1v) is 6.11. The number of nitrogens with zero attached hydrogens (tertiary/aromatic N) is 2. The first kappa shape index (κ1) is 10.1. The lowest BCUT2D eigenvalue weighted by atomic mass is 10.1. The number of aromatic nitrogens is 2. The molecule has 78 valence electrons. The number of hydrogen-bond acceptors (Lipinski definition) is 3. The van der Waals surface area contributed by atoms with E-state index in [4.69, 9.17) is 0 Å². The Labute approximate surface area is 88.5 Å². The molecule has 1 fully saturated rings. The Balaban J connectivity index is 2.03. The maximum absolute atomic E-state index is 10.1. The van der Waals surface area contributed by atoms with Crippen molar-refractivity contribution in [3.05, 3.63) is 18.0 Å². The Morgan fingerprint density at radius 1 is 1.64 bits per heavy atom. The Bertz CT molecular complexity index is 294. The summed E-state index contributed by atoms with van der Waals surface area (Å²) in [4.78, 5) is 0. The zero-order chi connectivity index (χ0) is 9.97. The van der Waals surface area contributed by atoms with Crippen LogP contribution in [0.4, 0.5) is 0 Å². The van der Waals surface area contributed by atoms with Gasteiger partial charge >= 0.3 is 0 Å². The summed E-state index contributed by atoms with van der Waals surface area (Å²) >= 11 is 1.88. The number of aryl methyl sites for hydroxylation is 1. The van der Waals surface area contributed by atoms with E-state index in [-0.39, 0.29) is 6.10 Å². The average Bonchev–Trinajstić information content (AvgIpc) is 2.65. The molecule has 0 aliphatic carbocycles. The molecule has 1 aliphatic rings. The summed E-state index contributed by atoms with van der Waals surface area (Å²) in [5.41, 5.74) is 0.812. The minimum Gasteiger partial charge on any atom is -0.386 e. The van der Waals surface area contributed by atoms with E-state index in [1.54, 1.807) is 4.68 Å². The first-order valence-electron chi connectivity index (χ1n) is 5.06. The molecule has 0 saturated carbocycles. The van der Waals surface area contributed by atoms with Crippen LogP contribution in [-0.2, 0) is 7.05 Å². The summed E-state index contributed by atoms with van der Waals surface area (Å²) in [6, 6.07) is 1.90. The van der Waals surface area contributed by atoms with Crippen molar-refractivity contribution in [3.63, 3.8) is 0 Å². The quantitative estimate of drug-likeness (QED) is 0.811. The fourth-order valence-corrected chi connectivity index (χ4v) is 3.12. The maximum atomic E-state index is 10.1. The second-order valence-electron chi connectivity index (χ2n) is 3.76. The van der Waals surface area contributed by atoms with Crippen molar-refractivity contribution in [2.24, 2.45) is 7.05 Å². The Morgan fingerprint density at radius 3 is 3.07 bits per heavy atom. The van der Waals surface area contributed by atoms with Gasteiger partial charge in [0.15, 0.2) is 0 Å². The molecule has 2 heterocycles. The summed E-state index contributed by atoms with van der Waals surface area (Å²) in [5, 5.41) is 14.6. The van der Waals surface area contributed by atoms with Gasteiger partial charge in [0.2, 0.25) is 0 Å². The van der Waals surface area contributed by atoms with Crippen LogP contribution in [0.2, 0.25) is 0 Å². The van der Waals surface area contributed by atoms with E-state index >= 15 is 0 Å². The molecule has 1 aromatic heterocycles. The zero-order valence-electron chi connectivity index (χ0n) is 8.39. The van der Waals surface area contributed by atoms with Crippen LogP contribution in [-0.4, -0.2) is 25.9 Å². The van der Waals surface area contributed by atoms with E-state index < -0.39 is 0 Å². The van der Waals surface area contributed by atoms with Gasteiger partial charge in [-0.05, 0) is 24.7 Å². The van der Waals surface area contributed by atoms with Crippen molar-refractivity contribution in [1.82, 2.24) is 9.78 Å². The van der Waals surface area contributed by atoms with E-state index in [1.165, 1.54) is 18.6 Å². The molecule has 1 saturated heterocycles. The minimum absolute atomic E-state index is 0.346. The molecule has 0 spiro atoms. The van der Waals surface area contributed by atoms with Crippen molar-refractivity contribution < 1.29 is 5.11 Å². The van der Waals surface area contributed by atoms with Crippen LogP contribution in [0.25, 0.3) is 0 Å². The lowest BCUT2D eigenvalue weighted by Crippen LogP contribution is -2.19. The van der Waals surface area contributed by atoms with Crippen LogP contribution < -0.4 is 0 Å². The molecule has 1 aromatic rings. The van der Waals surface area contributed by atoms with Crippen LogP contribution in [0.15, 0.2) is 12.3 Å². The van der Waals surface area contributed by atoms with Crippen LogP contribution in [0.5, 0.6) is 0 Å². The van der Waals surface area contributed by atoms with Gasteiger partial charge in [-0.2, -0.15) is 16.9 Å². The molecule has 0 radical (unpaired) electrons. The molecule has 2 rings (SSSR count). The molecule has 4 heteroatoms. The van der Waals surface area contributed by atoms with E-state index in [9.17, 15) is 5.11 Å². The summed E-state index contributed by atoms with van der Waals surface area (Å²) in [6.07, 6.45) is 5.13. The van der Waals surface area contributed by atoms with E-state index in [1.807, 2.05) is 31.1 Å². The van der Waals surface area contributed by atoms with Gasteiger partial charge < -0.3 is 5.11 Å². The molecule has 1 aliphatic heterocycles. The number of aliphatic hydroxyl groups is 1. The SMILES string of the molecule is Cn1ccc(C(O)C2CCCCS2)n1. The van der Waals surface area contributed by atoms with Crippen molar-refractivity contribution in [2.75, 3.05) is 5.75 Å². The topological polar surface area (TPSA) is 38.0 Å². The van der Waals surface area contributed by atoms with Crippen LogP contribution in [0.1, 0.15) is 31.1 Å². The fraction of sp³-hybridized carbons (Fsp3) is 0.700. The van der Waals surface area contributed by atoms with E-state index in [2.05, 4.69) is 5.10 Å². The predicted molar refractivity (Wildman–Crippen MR) is 58.3 cm³/mol. The van der Waals surface area contributed by atoms with Crippen molar-refractivity contribution in [2.45, 2.75) is 30.6 Å². The van der Waals surface area contributed by atoms with Gasteiger partial charge in [-0.3, -0.25) is 4.68 Å². The summed E-state index contributed by atoms with van der Waals surface area (Å²) < 4.78 is 1.74. The molecule has 0 aromatic carbocycles. The molecule has 3 nitrogen and oxygen atoms in total. The first-order chi connectivity index (χ1) is 6.77. The molecule has 2 atom stereocenters. The lowest BCUT2D eigenvalue weighted by Gasteiger charge is -2.24. The molecular weight excluding hydrogens is 196 g/mol. The highest BCUT2D eigenvalue weighted by atomic mass is 32.2. The minimum atomic E-state index is -0.388. The van der Waals surface area contributed by atoms with Gasteiger partial charge in [0.1, 0.15) is 6.10 Å². The highest BCUT2D eigenvalue weighted by molar-refractivity contribution is 7.99. The number of hydrogen-bond donors (Lipinski definition) is 1. The average molecular weight is 212 g/mol. The van der Waals surface area contributed by atoms with Crippen LogP contribution >= 0.6 is 11.8 Å². The summed E-state index contributed by atoms with van der Waals surface area (Å²) in [6.45, 7) is 0. The van der Waals surface area contributed by atoms with Crippen LogP contribution in [0, 0.1) is 0 Å². The van der Waals surface area contributed by atoms with Crippen LogP contribution in [0.3, 0.4) is 0 Å². The number of rotatable bonds is 2. The number of aliphatic hydroxyl groups excluding tert-OH is 1. The van der Waals surface area contributed by atoms with Crippen molar-refractivity contribution in [1.29, 1.82) is 0 Å². The monoisotopic (exact) mass is 212 g/mol. The van der Waals surface area contributed by atoms with Gasteiger partial charge in [0, 0.05) is 18.5 Å². The second-order valence-corrected chi connectivity index (χ2v) is 5.11. The van der Waals surface area contributed by atoms with Crippen molar-refractivity contribution in [3.8, 4) is 0 Å². The summed E-state index contributed by atoms with van der Waals surface area (Å²) in [7, 11) is 1.88. The smallest absolute Gasteiger partial charge is 0.110 e. The molecule has 1 N–H and O–H groups in total. The summed E-state index contributed by atoms with van der Waals surface area (Å²) in [5.74, 6) is 1.18. The van der Waals surface area contributed by atoms with Gasteiger partial charge in [-0.25, -0.2) is 0 Å². The third-order valence-electron chi connectivity index (χ3n) is 2.60. The molecule has 0 amide bonds. The predicted octanol–water partition coefficient (Wildman–Crippen LogP) is 1.74. The van der Waals surface area contributed by atoms with Gasteiger partial charge in [-0.15, -0.1) is 0 Å².